The SMILES string of the molecule is Cc1sc2nc(CN3CCCCC3)nc(N3CCN(C)CC3)c2c1C. The Bertz CT molecular complexity index is 742. The number of rotatable bonds is 3. The standard InChI is InChI=1S/C19H29N5S/c1-14-15(2)25-19-17(14)18(24-11-9-22(3)10-12-24)20-16(21-19)13-23-7-5-4-6-8-23/h4-13H2,1-3H3. The summed E-state index contributed by atoms with van der Waals surface area (Å²) in [5.74, 6) is 2.18. The number of thiophene rings is 1. The summed E-state index contributed by atoms with van der Waals surface area (Å²) in [5.41, 5.74) is 1.36. The van der Waals surface area contributed by atoms with Crippen LogP contribution in [0, 0.1) is 13.8 Å². The van der Waals surface area contributed by atoms with Crippen molar-refractivity contribution in [2.45, 2.75) is 39.7 Å². The molecule has 6 heteroatoms. The van der Waals surface area contributed by atoms with Crippen molar-refractivity contribution >= 4 is 27.4 Å². The highest BCUT2D eigenvalue weighted by Crippen LogP contribution is 2.35. The minimum Gasteiger partial charge on any atom is -0.353 e. The van der Waals surface area contributed by atoms with Crippen molar-refractivity contribution in [3.05, 3.63) is 16.3 Å². The molecular weight excluding hydrogens is 330 g/mol. The Morgan fingerprint density at radius 1 is 0.920 bits per heavy atom. The van der Waals surface area contributed by atoms with Crippen LogP contribution in [-0.4, -0.2) is 66.1 Å². The molecule has 2 aliphatic heterocycles. The molecular formula is C19H29N5S. The summed E-state index contributed by atoms with van der Waals surface area (Å²) in [4.78, 5) is 20.0. The average Bonchev–Trinajstić information content (AvgIpc) is 2.90. The predicted molar refractivity (Wildman–Crippen MR) is 106 cm³/mol. The Morgan fingerprint density at radius 3 is 2.36 bits per heavy atom. The first-order chi connectivity index (χ1) is 12.1. The average molecular weight is 360 g/mol. The van der Waals surface area contributed by atoms with Gasteiger partial charge in [0.1, 0.15) is 16.5 Å². The Labute approximate surface area is 154 Å². The molecule has 136 valence electrons. The number of aryl methyl sites for hydroxylation is 2. The second-order valence-electron chi connectivity index (χ2n) is 7.55. The van der Waals surface area contributed by atoms with Crippen molar-refractivity contribution in [3.63, 3.8) is 0 Å². The molecule has 25 heavy (non-hydrogen) atoms. The first-order valence-electron chi connectivity index (χ1n) is 9.54. The maximum absolute atomic E-state index is 5.08. The molecule has 0 aromatic carbocycles. The zero-order chi connectivity index (χ0) is 17.4. The molecule has 0 radical (unpaired) electrons. The van der Waals surface area contributed by atoms with E-state index in [-0.39, 0.29) is 0 Å². The zero-order valence-corrected chi connectivity index (χ0v) is 16.5. The van der Waals surface area contributed by atoms with Crippen LogP contribution in [0.5, 0.6) is 0 Å². The van der Waals surface area contributed by atoms with Gasteiger partial charge in [0.2, 0.25) is 0 Å². The number of nitrogens with zero attached hydrogens (tertiary/aromatic N) is 5. The molecule has 2 aliphatic rings. The Balaban J connectivity index is 1.70. The minimum absolute atomic E-state index is 0.896. The monoisotopic (exact) mass is 359 g/mol. The number of anilines is 1. The molecule has 2 aromatic rings. The lowest BCUT2D eigenvalue weighted by molar-refractivity contribution is 0.216. The third kappa shape index (κ3) is 3.52. The van der Waals surface area contributed by atoms with Gasteiger partial charge in [-0.15, -0.1) is 11.3 Å². The van der Waals surface area contributed by atoms with Gasteiger partial charge in [-0.05, 0) is 52.4 Å². The molecule has 2 aromatic heterocycles. The molecule has 5 nitrogen and oxygen atoms in total. The van der Waals surface area contributed by atoms with Crippen LogP contribution in [0.1, 0.15) is 35.5 Å². The number of hydrogen-bond acceptors (Lipinski definition) is 6. The first kappa shape index (κ1) is 17.2. The fraction of sp³-hybridized carbons (Fsp3) is 0.684. The van der Waals surface area contributed by atoms with Crippen LogP contribution < -0.4 is 4.90 Å². The predicted octanol–water partition coefficient (Wildman–Crippen LogP) is 3.05. The summed E-state index contributed by atoms with van der Waals surface area (Å²) in [7, 11) is 2.20. The summed E-state index contributed by atoms with van der Waals surface area (Å²) in [5, 5.41) is 1.29. The number of fused-ring (bicyclic) bond motifs is 1. The highest BCUT2D eigenvalue weighted by molar-refractivity contribution is 7.18. The molecule has 0 bridgehead atoms. The minimum atomic E-state index is 0.896. The quantitative estimate of drug-likeness (QED) is 0.842. The van der Waals surface area contributed by atoms with Crippen LogP contribution in [0.15, 0.2) is 0 Å². The lowest BCUT2D eigenvalue weighted by Gasteiger charge is -2.34. The Kier molecular flexibility index (Phi) is 4.93. The topological polar surface area (TPSA) is 35.5 Å². The van der Waals surface area contributed by atoms with Gasteiger partial charge in [0, 0.05) is 31.1 Å². The van der Waals surface area contributed by atoms with Gasteiger partial charge in [0.15, 0.2) is 0 Å². The van der Waals surface area contributed by atoms with Gasteiger partial charge in [-0.2, -0.15) is 0 Å². The highest BCUT2D eigenvalue weighted by atomic mass is 32.1. The molecule has 0 unspecified atom stereocenters. The lowest BCUT2D eigenvalue weighted by atomic mass is 10.1. The number of hydrogen-bond donors (Lipinski definition) is 0. The number of piperidine rings is 1. The third-order valence-corrected chi connectivity index (χ3v) is 6.77. The van der Waals surface area contributed by atoms with Gasteiger partial charge in [0.05, 0.1) is 11.9 Å². The number of piperazine rings is 1. The Hall–Kier alpha value is -1.24. The number of aromatic nitrogens is 2. The maximum atomic E-state index is 5.08. The van der Waals surface area contributed by atoms with Gasteiger partial charge in [0.25, 0.3) is 0 Å². The van der Waals surface area contributed by atoms with E-state index in [2.05, 4.69) is 35.6 Å². The van der Waals surface area contributed by atoms with E-state index in [1.807, 2.05) is 11.3 Å². The molecule has 0 spiro atoms. The second kappa shape index (κ2) is 7.17. The van der Waals surface area contributed by atoms with Crippen molar-refractivity contribution in [3.8, 4) is 0 Å². The van der Waals surface area contributed by atoms with Crippen molar-refractivity contribution in [1.29, 1.82) is 0 Å². The number of likely N-dealkylation sites (N-methyl/N-ethyl adjacent to an activating group) is 1. The molecule has 4 heterocycles. The summed E-state index contributed by atoms with van der Waals surface area (Å²) in [6.45, 7) is 12.0. The zero-order valence-electron chi connectivity index (χ0n) is 15.7. The summed E-state index contributed by atoms with van der Waals surface area (Å²) in [6.07, 6.45) is 3.99. The van der Waals surface area contributed by atoms with Crippen LogP contribution >= 0.6 is 11.3 Å². The van der Waals surface area contributed by atoms with Gasteiger partial charge >= 0.3 is 0 Å². The van der Waals surface area contributed by atoms with Gasteiger partial charge in [-0.3, -0.25) is 4.90 Å². The van der Waals surface area contributed by atoms with E-state index in [4.69, 9.17) is 9.97 Å². The van der Waals surface area contributed by atoms with Crippen molar-refractivity contribution in [1.82, 2.24) is 19.8 Å². The molecule has 2 saturated heterocycles. The summed E-state index contributed by atoms with van der Waals surface area (Å²) >= 11 is 1.83. The molecule has 0 atom stereocenters. The van der Waals surface area contributed by atoms with Crippen LogP contribution in [0.3, 0.4) is 0 Å². The first-order valence-corrected chi connectivity index (χ1v) is 10.4. The van der Waals surface area contributed by atoms with Crippen LogP contribution in [0.4, 0.5) is 5.82 Å². The van der Waals surface area contributed by atoms with E-state index < -0.39 is 0 Å². The van der Waals surface area contributed by atoms with Gasteiger partial charge in [-0.25, -0.2) is 9.97 Å². The summed E-state index contributed by atoms with van der Waals surface area (Å²) in [6, 6.07) is 0. The van der Waals surface area contributed by atoms with Crippen molar-refractivity contribution in [2.24, 2.45) is 0 Å². The highest BCUT2D eigenvalue weighted by Gasteiger charge is 2.23. The largest absolute Gasteiger partial charge is 0.353 e. The van der Waals surface area contributed by atoms with Crippen molar-refractivity contribution in [2.75, 3.05) is 51.2 Å². The van der Waals surface area contributed by atoms with Crippen LogP contribution in [0.2, 0.25) is 0 Å². The fourth-order valence-corrected chi connectivity index (χ4v) is 4.95. The molecule has 0 aliphatic carbocycles. The second-order valence-corrected chi connectivity index (χ2v) is 8.76. The van der Waals surface area contributed by atoms with Crippen molar-refractivity contribution < 1.29 is 0 Å². The molecule has 4 rings (SSSR count). The molecule has 0 N–H and O–H groups in total. The smallest absolute Gasteiger partial charge is 0.146 e. The van der Waals surface area contributed by atoms with E-state index >= 15 is 0 Å². The van der Waals surface area contributed by atoms with Crippen LogP contribution in [0.25, 0.3) is 10.2 Å². The van der Waals surface area contributed by atoms with E-state index in [9.17, 15) is 0 Å². The van der Waals surface area contributed by atoms with Crippen LogP contribution in [-0.2, 0) is 6.54 Å². The Morgan fingerprint density at radius 2 is 1.64 bits per heavy atom. The number of likely N-dealkylation sites (tertiary alicyclic amines) is 1. The molecule has 0 saturated carbocycles. The van der Waals surface area contributed by atoms with E-state index in [0.717, 1.165) is 38.5 Å². The van der Waals surface area contributed by atoms with Gasteiger partial charge in [-0.1, -0.05) is 6.42 Å². The van der Waals surface area contributed by atoms with E-state index in [0.29, 0.717) is 0 Å². The van der Waals surface area contributed by atoms with E-state index in [1.54, 1.807) is 0 Å². The normalized spacial score (nSPS) is 20.5. The summed E-state index contributed by atoms with van der Waals surface area (Å²) < 4.78 is 0. The molecule has 2 fully saturated rings. The third-order valence-electron chi connectivity index (χ3n) is 5.67. The lowest BCUT2D eigenvalue weighted by Crippen LogP contribution is -2.45. The maximum Gasteiger partial charge on any atom is 0.146 e. The molecule has 0 amide bonds. The van der Waals surface area contributed by atoms with E-state index in [1.165, 1.54) is 58.8 Å². The fourth-order valence-electron chi connectivity index (χ4n) is 3.91. The van der Waals surface area contributed by atoms with Gasteiger partial charge < -0.3 is 9.80 Å².